The molecule has 0 radical (unpaired) electrons. The molecule has 0 aromatic heterocycles. The van der Waals surface area contributed by atoms with Gasteiger partial charge in [0, 0.05) is 5.41 Å². The van der Waals surface area contributed by atoms with Crippen molar-refractivity contribution in [1.82, 2.24) is 0 Å². The molecule has 0 atom stereocenters. The zero-order valence-corrected chi connectivity index (χ0v) is 15.5. The maximum atomic E-state index is 12.3. The molecule has 0 aliphatic carbocycles. The minimum Gasteiger partial charge on any atom is -0.406 e. The summed E-state index contributed by atoms with van der Waals surface area (Å²) in [5.41, 5.74) is 1.04. The molecule has 1 aliphatic rings. The highest BCUT2D eigenvalue weighted by molar-refractivity contribution is 6.24. The first-order valence-electron chi connectivity index (χ1n) is 9.11. The number of esters is 1. The highest BCUT2D eigenvalue weighted by Crippen LogP contribution is 2.37. The Kier molecular flexibility index (Phi) is 3.20. The predicted octanol–water partition coefficient (Wildman–Crippen LogP) is 5.93. The number of cyclic esters (lactones) is 1. The molecule has 0 fully saturated rings. The lowest BCUT2D eigenvalue weighted by Gasteiger charge is -2.15. The van der Waals surface area contributed by atoms with E-state index in [4.69, 9.17) is 4.74 Å². The van der Waals surface area contributed by atoms with Crippen molar-refractivity contribution in [3.05, 3.63) is 65.9 Å². The average molecular weight is 353 g/mol. The molecule has 5 rings (SSSR count). The second-order valence-electron chi connectivity index (χ2n) is 8.10. The molecular formula is C24H19NO2. The number of carbonyl (C=O) groups excluding carboxylic acids is 1. The fourth-order valence-corrected chi connectivity index (χ4v) is 3.76. The van der Waals surface area contributed by atoms with Crippen molar-refractivity contribution >= 4 is 50.3 Å². The molecule has 4 aromatic rings. The van der Waals surface area contributed by atoms with Gasteiger partial charge in [0.2, 0.25) is 5.90 Å². The van der Waals surface area contributed by atoms with E-state index < -0.39 is 0 Å². The highest BCUT2D eigenvalue weighted by Gasteiger charge is 2.31. The van der Waals surface area contributed by atoms with Crippen LogP contribution in [0.15, 0.2) is 65.3 Å². The number of benzene rings is 4. The Balaban J connectivity index is 1.77. The Morgan fingerprint density at radius 1 is 0.852 bits per heavy atom. The molecule has 27 heavy (non-hydrogen) atoms. The van der Waals surface area contributed by atoms with Gasteiger partial charge >= 0.3 is 5.97 Å². The van der Waals surface area contributed by atoms with Gasteiger partial charge < -0.3 is 4.74 Å². The monoisotopic (exact) mass is 353 g/mol. The Bertz CT molecular complexity index is 1270. The summed E-state index contributed by atoms with van der Waals surface area (Å²) < 4.78 is 5.38. The highest BCUT2D eigenvalue weighted by atomic mass is 16.6. The van der Waals surface area contributed by atoms with Crippen LogP contribution < -0.4 is 0 Å². The standard InChI is InChI=1S/C24H19NO2/c1-24(2,3)23-25-19(22(26)27-23)13-17-10-9-16-8-7-14-5-4-6-15-11-12-18(17)21(16)20(14)15/h4-13H,1-3H3. The number of hydrogen-bond donors (Lipinski definition) is 0. The first-order chi connectivity index (χ1) is 12.9. The van der Waals surface area contributed by atoms with Gasteiger partial charge in [0.1, 0.15) is 0 Å². The summed E-state index contributed by atoms with van der Waals surface area (Å²) in [6.45, 7) is 5.95. The number of rotatable bonds is 1. The van der Waals surface area contributed by atoms with Gasteiger partial charge in [-0.1, -0.05) is 75.4 Å². The molecule has 1 heterocycles. The lowest BCUT2D eigenvalue weighted by Crippen LogP contribution is -2.21. The summed E-state index contributed by atoms with van der Waals surface area (Å²) in [6.07, 6.45) is 1.84. The number of nitrogens with zero attached hydrogens (tertiary/aromatic N) is 1. The molecule has 0 bridgehead atoms. The van der Waals surface area contributed by atoms with Gasteiger partial charge in [-0.15, -0.1) is 0 Å². The molecule has 1 aliphatic heterocycles. The summed E-state index contributed by atoms with van der Waals surface area (Å²) in [5.74, 6) is 0.0853. The van der Waals surface area contributed by atoms with Crippen molar-refractivity contribution in [3.8, 4) is 0 Å². The van der Waals surface area contributed by atoms with Gasteiger partial charge in [-0.25, -0.2) is 9.79 Å². The summed E-state index contributed by atoms with van der Waals surface area (Å²) in [5, 5.41) is 7.26. The molecule has 0 spiro atoms. The average Bonchev–Trinajstić information content (AvgIpc) is 3.02. The van der Waals surface area contributed by atoms with E-state index in [1.54, 1.807) is 0 Å². The quantitative estimate of drug-likeness (QED) is 0.242. The van der Waals surface area contributed by atoms with E-state index in [1.165, 1.54) is 26.9 Å². The van der Waals surface area contributed by atoms with Crippen molar-refractivity contribution < 1.29 is 9.53 Å². The molecular weight excluding hydrogens is 334 g/mol. The van der Waals surface area contributed by atoms with E-state index in [0.29, 0.717) is 11.6 Å². The van der Waals surface area contributed by atoms with Crippen molar-refractivity contribution in [2.45, 2.75) is 20.8 Å². The van der Waals surface area contributed by atoms with Crippen LogP contribution in [-0.2, 0) is 9.53 Å². The van der Waals surface area contributed by atoms with Crippen LogP contribution in [0.2, 0.25) is 0 Å². The second kappa shape index (κ2) is 5.40. The van der Waals surface area contributed by atoms with E-state index in [1.807, 2.05) is 32.9 Å². The molecule has 132 valence electrons. The summed E-state index contributed by atoms with van der Waals surface area (Å²) in [7, 11) is 0. The molecule has 0 saturated heterocycles. The summed E-state index contributed by atoms with van der Waals surface area (Å²) >= 11 is 0. The molecule has 0 N–H and O–H groups in total. The van der Waals surface area contributed by atoms with Gasteiger partial charge in [-0.3, -0.25) is 0 Å². The molecule has 0 unspecified atom stereocenters. The Morgan fingerprint density at radius 2 is 1.48 bits per heavy atom. The SMILES string of the molecule is CC(C)(C)C1=NC(=Cc2ccc3ccc4cccc5ccc2c3c45)C(=O)O1. The zero-order chi connectivity index (χ0) is 18.8. The van der Waals surface area contributed by atoms with Gasteiger partial charge in [-0.2, -0.15) is 0 Å². The smallest absolute Gasteiger partial charge is 0.363 e. The number of hydrogen-bond acceptors (Lipinski definition) is 3. The molecule has 0 saturated carbocycles. The number of aliphatic imine (C=N–C) groups is 1. The van der Waals surface area contributed by atoms with Crippen LogP contribution in [0.1, 0.15) is 26.3 Å². The van der Waals surface area contributed by atoms with Crippen LogP contribution in [0.5, 0.6) is 0 Å². The fraction of sp³-hybridized carbons (Fsp3) is 0.167. The zero-order valence-electron chi connectivity index (χ0n) is 15.5. The lowest BCUT2D eigenvalue weighted by molar-refractivity contribution is -0.130. The minimum atomic E-state index is -0.384. The van der Waals surface area contributed by atoms with Crippen LogP contribution in [0.3, 0.4) is 0 Å². The van der Waals surface area contributed by atoms with Crippen LogP contribution in [0, 0.1) is 5.41 Å². The van der Waals surface area contributed by atoms with E-state index in [2.05, 4.69) is 53.5 Å². The Morgan fingerprint density at radius 3 is 2.15 bits per heavy atom. The van der Waals surface area contributed by atoms with Crippen LogP contribution in [-0.4, -0.2) is 11.9 Å². The van der Waals surface area contributed by atoms with Crippen molar-refractivity contribution in [2.24, 2.45) is 10.4 Å². The molecule has 4 aromatic carbocycles. The first-order valence-corrected chi connectivity index (χ1v) is 9.11. The third-order valence-corrected chi connectivity index (χ3v) is 5.12. The normalized spacial score (nSPS) is 16.6. The fourth-order valence-electron chi connectivity index (χ4n) is 3.76. The van der Waals surface area contributed by atoms with Gasteiger partial charge in [0.05, 0.1) is 0 Å². The van der Waals surface area contributed by atoms with Crippen molar-refractivity contribution in [3.63, 3.8) is 0 Å². The maximum Gasteiger partial charge on any atom is 0.363 e. The van der Waals surface area contributed by atoms with Gasteiger partial charge in [0.15, 0.2) is 5.70 Å². The minimum absolute atomic E-state index is 0.298. The predicted molar refractivity (Wildman–Crippen MR) is 111 cm³/mol. The summed E-state index contributed by atoms with van der Waals surface area (Å²) in [4.78, 5) is 16.8. The van der Waals surface area contributed by atoms with Crippen LogP contribution in [0.25, 0.3) is 38.4 Å². The van der Waals surface area contributed by atoms with Crippen molar-refractivity contribution in [2.75, 3.05) is 0 Å². The lowest BCUT2D eigenvalue weighted by atomic mass is 9.92. The van der Waals surface area contributed by atoms with Gasteiger partial charge in [-0.05, 0) is 44.0 Å². The largest absolute Gasteiger partial charge is 0.406 e. The second-order valence-corrected chi connectivity index (χ2v) is 8.10. The number of carbonyl (C=O) groups is 1. The summed E-state index contributed by atoms with van der Waals surface area (Å²) in [6, 6.07) is 19.1. The Labute approximate surface area is 157 Å². The topological polar surface area (TPSA) is 38.7 Å². The van der Waals surface area contributed by atoms with Crippen LogP contribution in [0.4, 0.5) is 0 Å². The Hall–Kier alpha value is -3.20. The van der Waals surface area contributed by atoms with Gasteiger partial charge in [0.25, 0.3) is 0 Å². The first kappa shape index (κ1) is 16.0. The maximum absolute atomic E-state index is 12.3. The molecule has 3 nitrogen and oxygen atoms in total. The molecule has 3 heteroatoms. The van der Waals surface area contributed by atoms with Crippen molar-refractivity contribution in [1.29, 1.82) is 0 Å². The van der Waals surface area contributed by atoms with E-state index in [9.17, 15) is 4.79 Å². The number of ether oxygens (including phenoxy) is 1. The van der Waals surface area contributed by atoms with E-state index in [-0.39, 0.29) is 11.4 Å². The van der Waals surface area contributed by atoms with E-state index >= 15 is 0 Å². The van der Waals surface area contributed by atoms with Crippen LogP contribution >= 0.6 is 0 Å². The third kappa shape index (κ3) is 2.42. The van der Waals surface area contributed by atoms with E-state index in [0.717, 1.165) is 10.9 Å². The molecule has 0 amide bonds. The third-order valence-electron chi connectivity index (χ3n) is 5.12.